The molecule has 5 N–H and O–H groups in total. The average Bonchev–Trinajstić information content (AvgIpc) is 2.01. The fraction of sp³-hybridized carbons (Fsp3) is 0.750. The van der Waals surface area contributed by atoms with Crippen molar-refractivity contribution in [3.8, 4) is 0 Å². The van der Waals surface area contributed by atoms with Gasteiger partial charge in [-0.3, -0.25) is 10.1 Å². The molecule has 0 aliphatic rings. The molecular weight excluding hydrogens is 186 g/mol. The van der Waals surface area contributed by atoms with Gasteiger partial charge in [-0.2, -0.15) is 0 Å². The molecule has 0 spiro atoms. The van der Waals surface area contributed by atoms with Crippen molar-refractivity contribution in [2.45, 2.75) is 25.9 Å². The van der Waals surface area contributed by atoms with Crippen molar-refractivity contribution >= 4 is 11.9 Å². The van der Waals surface area contributed by atoms with E-state index in [1.807, 2.05) is 5.32 Å². The first-order valence-corrected chi connectivity index (χ1v) is 4.50. The fourth-order valence-electron chi connectivity index (χ4n) is 0.906. The van der Waals surface area contributed by atoms with E-state index in [0.717, 1.165) is 6.42 Å². The Bertz CT molecular complexity index is 194. The van der Waals surface area contributed by atoms with Gasteiger partial charge in [0.1, 0.15) is 0 Å². The van der Waals surface area contributed by atoms with Crippen LogP contribution in [0, 0.1) is 0 Å². The summed E-state index contributed by atoms with van der Waals surface area (Å²) in [6.07, 6.45) is 1.14. The molecule has 1 atom stereocenters. The standard InChI is InChI=1S/C8H17N3O3/c1-6(12)3-2-4-10-5-7(13)11-8(9)14/h6,10,12H,2-5H2,1H3,(H3,9,11,13,14). The van der Waals surface area contributed by atoms with E-state index in [1.54, 1.807) is 6.92 Å². The first-order valence-electron chi connectivity index (χ1n) is 4.50. The fourth-order valence-corrected chi connectivity index (χ4v) is 0.906. The van der Waals surface area contributed by atoms with Crippen LogP contribution < -0.4 is 16.4 Å². The van der Waals surface area contributed by atoms with Crippen LogP contribution in [0.4, 0.5) is 4.79 Å². The molecule has 0 saturated heterocycles. The van der Waals surface area contributed by atoms with Crippen molar-refractivity contribution in [1.82, 2.24) is 10.6 Å². The van der Waals surface area contributed by atoms with Crippen LogP contribution in [0.3, 0.4) is 0 Å². The Morgan fingerprint density at radius 3 is 2.64 bits per heavy atom. The number of carbonyl (C=O) groups excluding carboxylic acids is 2. The smallest absolute Gasteiger partial charge is 0.318 e. The predicted molar refractivity (Wildman–Crippen MR) is 51.5 cm³/mol. The third kappa shape index (κ3) is 8.95. The Morgan fingerprint density at radius 2 is 2.14 bits per heavy atom. The van der Waals surface area contributed by atoms with Gasteiger partial charge >= 0.3 is 6.03 Å². The van der Waals surface area contributed by atoms with Crippen LogP contribution in [0.25, 0.3) is 0 Å². The van der Waals surface area contributed by atoms with Gasteiger partial charge in [-0.25, -0.2) is 4.79 Å². The molecule has 0 aromatic rings. The van der Waals surface area contributed by atoms with Gasteiger partial charge in [0.25, 0.3) is 0 Å². The summed E-state index contributed by atoms with van der Waals surface area (Å²) in [5, 5.41) is 13.7. The predicted octanol–water partition coefficient (Wildman–Crippen LogP) is -1.07. The van der Waals surface area contributed by atoms with E-state index in [2.05, 4.69) is 5.32 Å². The zero-order valence-electron chi connectivity index (χ0n) is 8.25. The summed E-state index contributed by atoms with van der Waals surface area (Å²) in [5.74, 6) is -0.449. The van der Waals surface area contributed by atoms with Crippen molar-refractivity contribution in [2.75, 3.05) is 13.1 Å². The van der Waals surface area contributed by atoms with E-state index in [1.165, 1.54) is 0 Å². The van der Waals surface area contributed by atoms with Gasteiger partial charge in [0, 0.05) is 0 Å². The summed E-state index contributed by atoms with van der Waals surface area (Å²) in [5.41, 5.74) is 4.73. The highest BCUT2D eigenvalue weighted by atomic mass is 16.3. The lowest BCUT2D eigenvalue weighted by Crippen LogP contribution is -2.40. The number of aliphatic hydroxyl groups excluding tert-OH is 1. The number of urea groups is 1. The third-order valence-electron chi connectivity index (χ3n) is 1.52. The minimum absolute atomic E-state index is 0.0583. The molecule has 0 aliphatic heterocycles. The molecule has 0 aromatic carbocycles. The van der Waals surface area contributed by atoms with Gasteiger partial charge in [0.2, 0.25) is 5.91 Å². The number of aliphatic hydroxyl groups is 1. The second-order valence-corrected chi connectivity index (χ2v) is 3.08. The van der Waals surface area contributed by atoms with Crippen molar-refractivity contribution in [1.29, 1.82) is 0 Å². The van der Waals surface area contributed by atoms with Crippen LogP contribution in [0.5, 0.6) is 0 Å². The van der Waals surface area contributed by atoms with Crippen molar-refractivity contribution in [3.05, 3.63) is 0 Å². The Labute approximate surface area is 82.9 Å². The Kier molecular flexibility index (Phi) is 6.69. The van der Waals surface area contributed by atoms with Crippen LogP contribution in [0.1, 0.15) is 19.8 Å². The molecule has 6 heteroatoms. The molecule has 14 heavy (non-hydrogen) atoms. The number of imide groups is 1. The second kappa shape index (κ2) is 7.28. The molecule has 0 aromatic heterocycles. The highest BCUT2D eigenvalue weighted by molar-refractivity contribution is 5.94. The molecule has 0 rings (SSSR count). The first kappa shape index (κ1) is 12.9. The summed E-state index contributed by atoms with van der Waals surface area (Å²) in [6, 6.07) is -0.846. The van der Waals surface area contributed by atoms with E-state index in [0.29, 0.717) is 13.0 Å². The molecule has 3 amide bonds. The van der Waals surface area contributed by atoms with Crippen LogP contribution in [0.2, 0.25) is 0 Å². The van der Waals surface area contributed by atoms with E-state index in [4.69, 9.17) is 10.8 Å². The third-order valence-corrected chi connectivity index (χ3v) is 1.52. The van der Waals surface area contributed by atoms with Gasteiger partial charge in [0.15, 0.2) is 0 Å². The van der Waals surface area contributed by atoms with Crippen molar-refractivity contribution in [3.63, 3.8) is 0 Å². The summed E-state index contributed by atoms with van der Waals surface area (Å²) in [4.78, 5) is 21.0. The molecule has 0 fully saturated rings. The lowest BCUT2D eigenvalue weighted by atomic mass is 10.2. The van der Waals surface area contributed by atoms with Gasteiger partial charge in [-0.15, -0.1) is 0 Å². The quantitative estimate of drug-likeness (QED) is 0.413. The molecule has 0 aliphatic carbocycles. The number of nitrogens with one attached hydrogen (secondary N) is 2. The number of rotatable bonds is 6. The summed E-state index contributed by atoms with van der Waals surface area (Å²) < 4.78 is 0. The number of primary amides is 1. The van der Waals surface area contributed by atoms with Crippen LogP contribution >= 0.6 is 0 Å². The lowest BCUT2D eigenvalue weighted by molar-refractivity contribution is -0.119. The minimum Gasteiger partial charge on any atom is -0.393 e. The Morgan fingerprint density at radius 1 is 1.50 bits per heavy atom. The number of nitrogens with two attached hydrogens (primary N) is 1. The zero-order chi connectivity index (χ0) is 11.0. The number of amides is 3. The monoisotopic (exact) mass is 203 g/mol. The topological polar surface area (TPSA) is 104 Å². The summed E-state index contributed by atoms with van der Waals surface area (Å²) in [7, 11) is 0. The Hall–Kier alpha value is -1.14. The van der Waals surface area contributed by atoms with Crippen LogP contribution in [-0.2, 0) is 4.79 Å². The SMILES string of the molecule is CC(O)CCCNCC(=O)NC(N)=O. The van der Waals surface area contributed by atoms with Gasteiger partial charge in [0.05, 0.1) is 12.6 Å². The maximum absolute atomic E-state index is 10.8. The van der Waals surface area contributed by atoms with Gasteiger partial charge < -0.3 is 16.2 Å². The average molecular weight is 203 g/mol. The van der Waals surface area contributed by atoms with Crippen molar-refractivity contribution in [2.24, 2.45) is 5.73 Å². The molecule has 0 heterocycles. The van der Waals surface area contributed by atoms with E-state index < -0.39 is 11.9 Å². The summed E-state index contributed by atoms with van der Waals surface area (Å²) >= 11 is 0. The van der Waals surface area contributed by atoms with E-state index in [9.17, 15) is 9.59 Å². The van der Waals surface area contributed by atoms with Crippen molar-refractivity contribution < 1.29 is 14.7 Å². The normalized spacial score (nSPS) is 12.1. The first-order chi connectivity index (χ1) is 6.52. The summed E-state index contributed by atoms with van der Waals surface area (Å²) in [6.45, 7) is 2.39. The highest BCUT2D eigenvalue weighted by Gasteiger charge is 2.02. The van der Waals surface area contributed by atoms with Crippen LogP contribution in [-0.4, -0.2) is 36.2 Å². The zero-order valence-corrected chi connectivity index (χ0v) is 8.25. The second-order valence-electron chi connectivity index (χ2n) is 3.08. The molecule has 0 saturated carbocycles. The highest BCUT2D eigenvalue weighted by Crippen LogP contribution is 1.92. The van der Waals surface area contributed by atoms with Crippen LogP contribution in [0.15, 0.2) is 0 Å². The lowest BCUT2D eigenvalue weighted by Gasteiger charge is -2.05. The molecular formula is C8H17N3O3. The number of hydrogen-bond acceptors (Lipinski definition) is 4. The number of carbonyl (C=O) groups is 2. The van der Waals surface area contributed by atoms with E-state index in [-0.39, 0.29) is 12.6 Å². The molecule has 0 bridgehead atoms. The maximum Gasteiger partial charge on any atom is 0.318 e. The van der Waals surface area contributed by atoms with Gasteiger partial charge in [-0.05, 0) is 26.3 Å². The molecule has 82 valence electrons. The van der Waals surface area contributed by atoms with E-state index >= 15 is 0 Å². The molecule has 1 unspecified atom stereocenters. The molecule has 0 radical (unpaired) electrons. The number of hydrogen-bond donors (Lipinski definition) is 4. The molecule has 6 nitrogen and oxygen atoms in total. The largest absolute Gasteiger partial charge is 0.393 e. The minimum atomic E-state index is -0.846. The Balaban J connectivity index is 3.27. The maximum atomic E-state index is 10.8. The van der Waals surface area contributed by atoms with Gasteiger partial charge in [-0.1, -0.05) is 0 Å².